The van der Waals surface area contributed by atoms with Gasteiger partial charge in [-0.1, -0.05) is 30.3 Å². The van der Waals surface area contributed by atoms with Crippen molar-refractivity contribution in [3.63, 3.8) is 0 Å². The zero-order valence-electron chi connectivity index (χ0n) is 19.6. The largest absolute Gasteiger partial charge is 0.508 e. The molecule has 36 heavy (non-hydrogen) atoms. The van der Waals surface area contributed by atoms with E-state index in [1.807, 2.05) is 30.3 Å². The molecule has 3 aliphatic carbocycles. The fraction of sp³-hybridized carbons (Fsp3) is 0.308. The average molecular weight is 492 g/mol. The second-order valence-corrected chi connectivity index (χ2v) is 9.67. The van der Waals surface area contributed by atoms with Gasteiger partial charge in [0, 0.05) is 17.1 Å². The number of Topliss-reactive ketones (excluding diaryl/α,β-unsaturated/α-hetero) is 2. The van der Waals surface area contributed by atoms with Crippen LogP contribution in [0.5, 0.6) is 5.75 Å². The summed E-state index contributed by atoms with van der Waals surface area (Å²) in [5, 5.41) is 44.3. The van der Waals surface area contributed by atoms with E-state index in [2.05, 4.69) is 4.98 Å². The SMILES string of the molecule is CN(C)[C@@H]1C(=O)C(C(N)=O)=C(O)[C@@]2(O)C(=O)C3=C(O)c4c(O)cnc(-c5ccccc5)c4C[C@H]3C[C@@H]12. The number of nitrogens with zero attached hydrogens (tertiary/aromatic N) is 2. The van der Waals surface area contributed by atoms with Crippen molar-refractivity contribution in [3.05, 3.63) is 64.6 Å². The number of carbonyl (C=O) groups excluding carboxylic acids is 3. The number of hydrogen-bond acceptors (Lipinski definition) is 9. The smallest absolute Gasteiger partial charge is 0.255 e. The molecule has 0 aliphatic heterocycles. The van der Waals surface area contributed by atoms with Gasteiger partial charge >= 0.3 is 0 Å². The van der Waals surface area contributed by atoms with Gasteiger partial charge in [0.2, 0.25) is 5.78 Å². The number of carbonyl (C=O) groups is 3. The Morgan fingerprint density at radius 2 is 1.81 bits per heavy atom. The van der Waals surface area contributed by atoms with Gasteiger partial charge < -0.3 is 26.2 Å². The first-order valence-electron chi connectivity index (χ1n) is 11.4. The summed E-state index contributed by atoms with van der Waals surface area (Å²) in [4.78, 5) is 44.8. The number of aliphatic hydroxyl groups excluding tert-OH is 2. The van der Waals surface area contributed by atoms with Crippen molar-refractivity contribution in [1.82, 2.24) is 9.88 Å². The number of benzene rings is 1. The summed E-state index contributed by atoms with van der Waals surface area (Å²) >= 11 is 0. The number of aromatic hydroxyl groups is 1. The van der Waals surface area contributed by atoms with E-state index in [0.29, 0.717) is 11.3 Å². The molecule has 4 atom stereocenters. The van der Waals surface area contributed by atoms with E-state index in [1.54, 1.807) is 14.1 Å². The van der Waals surface area contributed by atoms with E-state index < -0.39 is 58.0 Å². The van der Waals surface area contributed by atoms with Crippen LogP contribution < -0.4 is 5.73 Å². The number of primary amides is 1. The van der Waals surface area contributed by atoms with E-state index in [9.17, 15) is 34.8 Å². The first kappa shape index (κ1) is 23.7. The molecule has 1 amide bonds. The quantitative estimate of drug-likeness (QED) is 0.393. The lowest BCUT2D eigenvalue weighted by Crippen LogP contribution is -2.65. The van der Waals surface area contributed by atoms with Gasteiger partial charge in [0.25, 0.3) is 5.91 Å². The summed E-state index contributed by atoms with van der Waals surface area (Å²) in [6.07, 6.45) is 1.38. The lowest BCUT2D eigenvalue weighted by atomic mass is 9.57. The molecule has 6 N–H and O–H groups in total. The summed E-state index contributed by atoms with van der Waals surface area (Å²) in [6, 6.07) is 8.02. The second-order valence-electron chi connectivity index (χ2n) is 9.67. The minimum Gasteiger partial charge on any atom is -0.508 e. The molecule has 0 spiro atoms. The Morgan fingerprint density at radius 1 is 1.14 bits per heavy atom. The molecule has 1 saturated carbocycles. The molecule has 1 heterocycles. The highest BCUT2D eigenvalue weighted by Gasteiger charge is 2.64. The lowest BCUT2D eigenvalue weighted by molar-refractivity contribution is -0.153. The summed E-state index contributed by atoms with van der Waals surface area (Å²) < 4.78 is 0. The van der Waals surface area contributed by atoms with Crippen LogP contribution in [-0.2, 0) is 20.8 Å². The number of likely N-dealkylation sites (N-methyl/N-ethyl adjacent to an activating group) is 1. The molecule has 10 heteroatoms. The van der Waals surface area contributed by atoms with Crippen molar-refractivity contribution >= 4 is 23.2 Å². The Hall–Kier alpha value is -4.02. The highest BCUT2D eigenvalue weighted by Crippen LogP contribution is 2.53. The van der Waals surface area contributed by atoms with Gasteiger partial charge in [0.15, 0.2) is 11.4 Å². The summed E-state index contributed by atoms with van der Waals surface area (Å²) in [5.74, 6) is -6.87. The van der Waals surface area contributed by atoms with Crippen LogP contribution in [-0.4, -0.2) is 73.5 Å². The second kappa shape index (κ2) is 8.00. The van der Waals surface area contributed by atoms with Crippen LogP contribution in [0, 0.1) is 11.8 Å². The minimum absolute atomic E-state index is 0.0140. The van der Waals surface area contributed by atoms with Gasteiger partial charge in [-0.25, -0.2) is 0 Å². The van der Waals surface area contributed by atoms with Gasteiger partial charge in [-0.05, 0) is 38.4 Å². The van der Waals surface area contributed by atoms with E-state index in [4.69, 9.17) is 5.73 Å². The topological polar surface area (TPSA) is 174 Å². The molecule has 1 aromatic carbocycles. The lowest BCUT2D eigenvalue weighted by Gasteiger charge is -2.50. The zero-order chi connectivity index (χ0) is 26.1. The van der Waals surface area contributed by atoms with E-state index in [1.165, 1.54) is 11.1 Å². The van der Waals surface area contributed by atoms with Crippen molar-refractivity contribution < 1.29 is 34.8 Å². The molecule has 1 aromatic heterocycles. The fourth-order valence-corrected chi connectivity index (χ4v) is 5.98. The molecule has 10 nitrogen and oxygen atoms in total. The minimum atomic E-state index is -2.66. The van der Waals surface area contributed by atoms with Crippen LogP contribution in [0.4, 0.5) is 0 Å². The number of aromatic nitrogens is 1. The molecule has 186 valence electrons. The molecule has 5 rings (SSSR count). The monoisotopic (exact) mass is 491 g/mol. The first-order chi connectivity index (χ1) is 17.0. The Labute approximate surface area is 206 Å². The third-order valence-corrected chi connectivity index (χ3v) is 7.52. The molecule has 0 unspecified atom stereocenters. The number of rotatable bonds is 3. The van der Waals surface area contributed by atoms with Crippen LogP contribution in [0.2, 0.25) is 0 Å². The number of hydrogen-bond donors (Lipinski definition) is 5. The molecule has 1 fully saturated rings. The van der Waals surface area contributed by atoms with Crippen molar-refractivity contribution in [2.24, 2.45) is 17.6 Å². The van der Waals surface area contributed by atoms with Crippen LogP contribution in [0.3, 0.4) is 0 Å². The predicted molar refractivity (Wildman–Crippen MR) is 127 cm³/mol. The van der Waals surface area contributed by atoms with Crippen LogP contribution in [0.15, 0.2) is 53.4 Å². The van der Waals surface area contributed by atoms with E-state index >= 15 is 0 Å². The maximum absolute atomic E-state index is 13.8. The highest BCUT2D eigenvalue weighted by atomic mass is 16.3. The number of aliphatic hydroxyl groups is 3. The Bertz CT molecular complexity index is 1400. The third-order valence-electron chi connectivity index (χ3n) is 7.52. The van der Waals surface area contributed by atoms with Crippen molar-refractivity contribution in [2.45, 2.75) is 24.5 Å². The van der Waals surface area contributed by atoms with E-state index in [0.717, 1.165) is 5.56 Å². The number of nitrogens with two attached hydrogens (primary N) is 1. The number of fused-ring (bicyclic) bond motifs is 3. The first-order valence-corrected chi connectivity index (χ1v) is 11.4. The number of pyridine rings is 1. The molecule has 0 radical (unpaired) electrons. The van der Waals surface area contributed by atoms with Crippen LogP contribution in [0.25, 0.3) is 17.0 Å². The summed E-state index contributed by atoms with van der Waals surface area (Å²) in [6.45, 7) is 0. The molecule has 3 aliphatic rings. The fourth-order valence-electron chi connectivity index (χ4n) is 5.98. The maximum atomic E-state index is 13.8. The normalized spacial score (nSPS) is 27.6. The number of amides is 1. The molecule has 2 aromatic rings. The zero-order valence-corrected chi connectivity index (χ0v) is 19.6. The summed E-state index contributed by atoms with van der Waals surface area (Å²) in [5.41, 5.74) is 3.44. The predicted octanol–water partition coefficient (Wildman–Crippen LogP) is 1.03. The maximum Gasteiger partial charge on any atom is 0.255 e. The van der Waals surface area contributed by atoms with Gasteiger partial charge in [-0.15, -0.1) is 0 Å². The van der Waals surface area contributed by atoms with Crippen molar-refractivity contribution in [2.75, 3.05) is 14.1 Å². The van der Waals surface area contributed by atoms with Gasteiger partial charge in [0.05, 0.1) is 23.5 Å². The van der Waals surface area contributed by atoms with Gasteiger partial charge in [0.1, 0.15) is 22.8 Å². The molecule has 0 bridgehead atoms. The molecular formula is C26H25N3O7. The van der Waals surface area contributed by atoms with E-state index in [-0.39, 0.29) is 29.7 Å². The number of ketones is 2. The van der Waals surface area contributed by atoms with Crippen LogP contribution >= 0.6 is 0 Å². The Balaban J connectivity index is 1.75. The average Bonchev–Trinajstić information content (AvgIpc) is 2.81. The molecular weight excluding hydrogens is 466 g/mol. The molecule has 0 saturated heterocycles. The van der Waals surface area contributed by atoms with Crippen LogP contribution in [0.1, 0.15) is 17.5 Å². The third kappa shape index (κ3) is 3.04. The summed E-state index contributed by atoms with van der Waals surface area (Å²) in [7, 11) is 3.12. The highest BCUT2D eigenvalue weighted by molar-refractivity contribution is 6.24. The Kier molecular flexibility index (Phi) is 5.27. The van der Waals surface area contributed by atoms with Gasteiger partial charge in [-0.2, -0.15) is 0 Å². The standard InChI is InChI=1S/C26H25N3O7/c1-29(2)20-14-9-12-8-13-17(15(30)10-28-19(13)11-6-4-3-5-7-11)21(31)16(12)23(33)26(14,36)24(34)18(22(20)32)25(27)35/h3-7,10,12,14,20,30-31,34,36H,8-9H2,1-2H3,(H2,27,35)/t12-,14-,20-,26-/m0/s1. The van der Waals surface area contributed by atoms with Crippen molar-refractivity contribution in [3.8, 4) is 17.0 Å². The Morgan fingerprint density at radius 3 is 2.42 bits per heavy atom. The van der Waals surface area contributed by atoms with Crippen molar-refractivity contribution in [1.29, 1.82) is 0 Å². The van der Waals surface area contributed by atoms with Gasteiger partial charge in [-0.3, -0.25) is 24.3 Å².